The second-order valence-electron chi connectivity index (χ2n) is 4.86. The number of hydrogen-bond donors (Lipinski definition) is 1. The van der Waals surface area contributed by atoms with Crippen LogP contribution in [-0.2, 0) is 4.79 Å². The van der Waals surface area contributed by atoms with Crippen molar-refractivity contribution in [2.75, 3.05) is 7.11 Å². The Morgan fingerprint density at radius 3 is 2.35 bits per heavy atom. The highest BCUT2D eigenvalue weighted by Gasteiger charge is 2.13. The van der Waals surface area contributed by atoms with Gasteiger partial charge in [-0.1, -0.05) is 11.1 Å². The van der Waals surface area contributed by atoms with Crippen molar-refractivity contribution < 1.29 is 19.4 Å². The van der Waals surface area contributed by atoms with Crippen molar-refractivity contribution >= 4 is 5.97 Å². The number of esters is 1. The van der Waals surface area contributed by atoms with Crippen LogP contribution in [0.1, 0.15) is 27.7 Å². The molecule has 0 saturated heterocycles. The largest absolute Gasteiger partial charge is 0.504 e. The number of allylic oxidation sites excluding steroid dienone is 2. The van der Waals surface area contributed by atoms with Gasteiger partial charge in [-0.05, 0) is 45.9 Å². The van der Waals surface area contributed by atoms with Crippen molar-refractivity contribution in [2.45, 2.75) is 27.7 Å². The van der Waals surface area contributed by atoms with Crippen molar-refractivity contribution in [3.8, 4) is 17.2 Å². The van der Waals surface area contributed by atoms with Gasteiger partial charge in [-0.2, -0.15) is 0 Å². The third-order valence-corrected chi connectivity index (χ3v) is 2.55. The van der Waals surface area contributed by atoms with Crippen molar-refractivity contribution in [3.05, 3.63) is 41.0 Å². The molecule has 0 spiro atoms. The molecule has 0 aliphatic carbocycles. The van der Waals surface area contributed by atoms with Crippen LogP contribution in [-0.4, -0.2) is 18.2 Å². The minimum Gasteiger partial charge on any atom is -0.504 e. The average Bonchev–Trinajstić information content (AvgIpc) is 2.37. The first-order chi connectivity index (χ1) is 9.35. The fourth-order valence-corrected chi connectivity index (χ4v) is 1.58. The van der Waals surface area contributed by atoms with Gasteiger partial charge in [-0.3, -0.25) is 0 Å². The Balaban J connectivity index is 3.01. The van der Waals surface area contributed by atoms with E-state index in [-0.39, 0.29) is 11.5 Å². The summed E-state index contributed by atoms with van der Waals surface area (Å²) in [5, 5.41) is 9.50. The molecule has 1 rings (SSSR count). The summed E-state index contributed by atoms with van der Waals surface area (Å²) in [4.78, 5) is 12.1. The number of carbonyl (C=O) groups is 1. The summed E-state index contributed by atoms with van der Waals surface area (Å²) in [6.07, 6.45) is 1.79. The van der Waals surface area contributed by atoms with Gasteiger partial charge in [0.25, 0.3) is 0 Å². The third-order valence-electron chi connectivity index (χ3n) is 2.55. The van der Waals surface area contributed by atoms with E-state index in [9.17, 15) is 9.90 Å². The fourth-order valence-electron chi connectivity index (χ4n) is 1.58. The van der Waals surface area contributed by atoms with E-state index in [1.165, 1.54) is 25.3 Å². The molecule has 1 aromatic carbocycles. The number of benzene rings is 1. The van der Waals surface area contributed by atoms with Crippen molar-refractivity contribution in [1.82, 2.24) is 0 Å². The maximum Gasteiger partial charge on any atom is 0.343 e. The van der Waals surface area contributed by atoms with Gasteiger partial charge in [0.05, 0.1) is 12.7 Å². The number of phenolic OH excluding ortho intramolecular Hbond substituents is 1. The molecule has 0 unspecified atom stereocenters. The van der Waals surface area contributed by atoms with Gasteiger partial charge in [0, 0.05) is 6.07 Å². The first-order valence-corrected chi connectivity index (χ1v) is 6.26. The summed E-state index contributed by atoms with van der Waals surface area (Å²) in [7, 11) is 1.44. The zero-order valence-corrected chi connectivity index (χ0v) is 12.5. The molecule has 0 fully saturated rings. The van der Waals surface area contributed by atoms with Crippen LogP contribution in [0.4, 0.5) is 0 Å². The van der Waals surface area contributed by atoms with Crippen molar-refractivity contribution in [3.63, 3.8) is 0 Å². The molecule has 0 aliphatic heterocycles. The number of carbonyl (C=O) groups excluding carboxylic acids is 1. The van der Waals surface area contributed by atoms with Crippen LogP contribution in [0, 0.1) is 0 Å². The summed E-state index contributed by atoms with van der Waals surface area (Å²) < 4.78 is 10.3. The van der Waals surface area contributed by atoms with Crippen LogP contribution in [0.2, 0.25) is 0 Å². The number of ether oxygens (including phenoxy) is 2. The van der Waals surface area contributed by atoms with E-state index in [1.807, 2.05) is 27.7 Å². The lowest BCUT2D eigenvalue weighted by Crippen LogP contribution is -2.11. The van der Waals surface area contributed by atoms with E-state index in [4.69, 9.17) is 9.47 Å². The van der Waals surface area contributed by atoms with E-state index >= 15 is 0 Å². The molecule has 0 radical (unpaired) electrons. The Morgan fingerprint density at radius 2 is 1.85 bits per heavy atom. The van der Waals surface area contributed by atoms with Crippen molar-refractivity contribution in [1.29, 1.82) is 0 Å². The van der Waals surface area contributed by atoms with Gasteiger partial charge in [-0.25, -0.2) is 4.79 Å². The van der Waals surface area contributed by atoms with E-state index in [0.717, 1.165) is 11.1 Å². The molecule has 0 atom stereocenters. The molecule has 0 bridgehead atoms. The molecule has 0 aliphatic rings. The van der Waals surface area contributed by atoms with Crippen LogP contribution in [0.3, 0.4) is 0 Å². The van der Waals surface area contributed by atoms with E-state index < -0.39 is 5.97 Å². The maximum atomic E-state index is 12.1. The molecule has 108 valence electrons. The summed E-state index contributed by atoms with van der Waals surface area (Å²) in [6.45, 7) is 7.54. The van der Waals surface area contributed by atoms with E-state index in [0.29, 0.717) is 11.3 Å². The zero-order valence-electron chi connectivity index (χ0n) is 12.5. The van der Waals surface area contributed by atoms with E-state index in [1.54, 1.807) is 6.08 Å². The highest BCUT2D eigenvalue weighted by atomic mass is 16.5. The molecule has 1 N–H and O–H groups in total. The van der Waals surface area contributed by atoms with Gasteiger partial charge >= 0.3 is 5.97 Å². The topological polar surface area (TPSA) is 55.8 Å². The van der Waals surface area contributed by atoms with Gasteiger partial charge in [-0.15, -0.1) is 0 Å². The molecular weight excluding hydrogens is 256 g/mol. The molecule has 0 heterocycles. The molecule has 4 nitrogen and oxygen atoms in total. The second-order valence-corrected chi connectivity index (χ2v) is 4.86. The first kappa shape index (κ1) is 15.8. The molecule has 0 amide bonds. The minimum absolute atomic E-state index is 0.000893. The van der Waals surface area contributed by atoms with Gasteiger partial charge in [0.1, 0.15) is 5.75 Å². The summed E-state index contributed by atoms with van der Waals surface area (Å²) in [5.74, 6) is 0.153. The Labute approximate surface area is 119 Å². The first-order valence-electron chi connectivity index (χ1n) is 6.26. The van der Waals surface area contributed by atoms with Crippen LogP contribution < -0.4 is 9.47 Å². The Morgan fingerprint density at radius 1 is 1.20 bits per heavy atom. The number of phenols is 1. The average molecular weight is 276 g/mol. The Bertz CT molecular complexity index is 560. The zero-order chi connectivity index (χ0) is 15.3. The molecule has 0 saturated carbocycles. The predicted molar refractivity (Wildman–Crippen MR) is 78.1 cm³/mol. The number of hydrogen-bond acceptors (Lipinski definition) is 4. The van der Waals surface area contributed by atoms with Crippen LogP contribution in [0.25, 0.3) is 0 Å². The SMILES string of the molecule is COc1cc(OC(=O)C(C=C(C)C)=C(C)C)ccc1O. The monoisotopic (exact) mass is 276 g/mol. The normalized spacial score (nSPS) is 9.65. The number of methoxy groups -OCH3 is 1. The fraction of sp³-hybridized carbons (Fsp3) is 0.312. The lowest BCUT2D eigenvalue weighted by Gasteiger charge is -2.09. The maximum absolute atomic E-state index is 12.1. The number of aromatic hydroxyl groups is 1. The highest BCUT2D eigenvalue weighted by molar-refractivity contribution is 5.94. The van der Waals surface area contributed by atoms with Crippen LogP contribution in [0.5, 0.6) is 17.2 Å². The molecule has 0 aromatic heterocycles. The number of rotatable bonds is 4. The molecule has 1 aromatic rings. The van der Waals surface area contributed by atoms with Crippen molar-refractivity contribution in [2.24, 2.45) is 0 Å². The second kappa shape index (κ2) is 6.80. The van der Waals surface area contributed by atoms with Gasteiger partial charge in [0.15, 0.2) is 11.5 Å². The molecule has 20 heavy (non-hydrogen) atoms. The molecule has 4 heteroatoms. The van der Waals surface area contributed by atoms with Crippen LogP contribution >= 0.6 is 0 Å². The summed E-state index contributed by atoms with van der Waals surface area (Å²) >= 11 is 0. The quantitative estimate of drug-likeness (QED) is 0.395. The Kier molecular flexibility index (Phi) is 5.38. The summed E-state index contributed by atoms with van der Waals surface area (Å²) in [6, 6.07) is 4.41. The van der Waals surface area contributed by atoms with Gasteiger partial charge in [0.2, 0.25) is 0 Å². The highest BCUT2D eigenvalue weighted by Crippen LogP contribution is 2.30. The van der Waals surface area contributed by atoms with Crippen LogP contribution in [0.15, 0.2) is 41.0 Å². The lowest BCUT2D eigenvalue weighted by molar-refractivity contribution is -0.129. The summed E-state index contributed by atoms with van der Waals surface area (Å²) in [5.41, 5.74) is 2.42. The lowest BCUT2D eigenvalue weighted by atomic mass is 10.1. The standard InChI is InChI=1S/C16H20O4/c1-10(2)8-13(11(3)4)16(18)20-12-6-7-14(17)15(9-12)19-5/h6-9,17H,1-5H3. The Hall–Kier alpha value is -2.23. The third kappa shape index (κ3) is 4.16. The smallest absolute Gasteiger partial charge is 0.343 e. The minimum atomic E-state index is -0.432. The van der Waals surface area contributed by atoms with Gasteiger partial charge < -0.3 is 14.6 Å². The molecular formula is C16H20O4. The van der Waals surface area contributed by atoms with E-state index in [2.05, 4.69) is 0 Å². The predicted octanol–water partition coefficient (Wildman–Crippen LogP) is 3.61.